The maximum absolute atomic E-state index is 4.75. The quantitative estimate of drug-likeness (QED) is 0.530. The van der Waals surface area contributed by atoms with Crippen LogP contribution in [0.25, 0.3) is 11.3 Å². The Morgan fingerprint density at radius 1 is 1.29 bits per heavy atom. The van der Waals surface area contributed by atoms with Gasteiger partial charge in [-0.25, -0.2) is 9.97 Å². The molecule has 0 saturated carbocycles. The lowest BCUT2D eigenvalue weighted by molar-refractivity contribution is 0.463. The predicted octanol–water partition coefficient (Wildman–Crippen LogP) is 2.82. The van der Waals surface area contributed by atoms with Crippen molar-refractivity contribution < 1.29 is 0 Å². The molecule has 4 rings (SSSR count). The van der Waals surface area contributed by atoms with Crippen LogP contribution in [-0.2, 0) is 26.1 Å². The number of aryl methyl sites for hydroxylation is 2. The minimum atomic E-state index is 0.645. The molecule has 2 aromatic heterocycles. The maximum atomic E-state index is 4.75. The topological polar surface area (TPSA) is 74.1 Å². The average molecular weight is 377 g/mol. The van der Waals surface area contributed by atoms with Gasteiger partial charge in [0.25, 0.3) is 0 Å². The third-order valence-electron chi connectivity index (χ3n) is 5.06. The molecule has 0 saturated heterocycles. The molecule has 1 aliphatic heterocycles. The van der Waals surface area contributed by atoms with Gasteiger partial charge in [-0.15, -0.1) is 0 Å². The fourth-order valence-corrected chi connectivity index (χ4v) is 3.62. The number of aromatic nitrogens is 4. The lowest BCUT2D eigenvalue weighted by Crippen LogP contribution is -2.38. The van der Waals surface area contributed by atoms with E-state index in [1.807, 2.05) is 31.4 Å². The third kappa shape index (κ3) is 4.08. The molecule has 0 bridgehead atoms. The van der Waals surface area contributed by atoms with Crippen molar-refractivity contribution in [2.24, 2.45) is 4.99 Å². The summed E-state index contributed by atoms with van der Waals surface area (Å²) < 4.78 is 2.28. The minimum Gasteiger partial charge on any atom is -0.351 e. The van der Waals surface area contributed by atoms with Gasteiger partial charge in [0.1, 0.15) is 11.6 Å². The van der Waals surface area contributed by atoms with Crippen LogP contribution in [0, 0.1) is 0 Å². The standard InChI is InChI=1S/C21H27N7/c1-22-21(24-12-17-14-28-11-7-6-10-20(28)25-17)27(2)15-19-23-13-18(26-19)16-8-4-3-5-9-16/h3-5,8-9,13-14H,6-7,10-12,15H2,1-2H3,(H,22,24)(H,23,26). The van der Waals surface area contributed by atoms with Crippen LogP contribution in [0.2, 0.25) is 0 Å². The molecule has 7 heteroatoms. The number of fused-ring (bicyclic) bond motifs is 1. The highest BCUT2D eigenvalue weighted by Crippen LogP contribution is 2.17. The van der Waals surface area contributed by atoms with Crippen molar-refractivity contribution in [1.29, 1.82) is 0 Å². The van der Waals surface area contributed by atoms with E-state index in [1.54, 1.807) is 7.05 Å². The molecule has 0 radical (unpaired) electrons. The highest BCUT2D eigenvalue weighted by atomic mass is 15.3. The summed E-state index contributed by atoms with van der Waals surface area (Å²) >= 11 is 0. The van der Waals surface area contributed by atoms with Crippen molar-refractivity contribution in [3.05, 3.63) is 60.1 Å². The van der Waals surface area contributed by atoms with Crippen molar-refractivity contribution in [1.82, 2.24) is 29.7 Å². The Labute approximate surface area is 165 Å². The molecule has 0 amide bonds. The van der Waals surface area contributed by atoms with Crippen LogP contribution < -0.4 is 5.32 Å². The number of aliphatic imine (C=N–C) groups is 1. The summed E-state index contributed by atoms with van der Waals surface area (Å²) in [4.78, 5) is 19.1. The Balaban J connectivity index is 1.36. The molecule has 0 unspecified atom stereocenters. The summed E-state index contributed by atoms with van der Waals surface area (Å²) in [6.45, 7) is 2.40. The number of hydrogen-bond donors (Lipinski definition) is 2. The van der Waals surface area contributed by atoms with Gasteiger partial charge < -0.3 is 19.8 Å². The normalized spacial score (nSPS) is 14.0. The first-order valence-electron chi connectivity index (χ1n) is 9.79. The first-order valence-corrected chi connectivity index (χ1v) is 9.79. The largest absolute Gasteiger partial charge is 0.351 e. The molecular formula is C21H27N7. The van der Waals surface area contributed by atoms with Gasteiger partial charge in [-0.05, 0) is 18.4 Å². The third-order valence-corrected chi connectivity index (χ3v) is 5.06. The SMILES string of the molecule is CN=C(NCc1cn2c(n1)CCCC2)N(C)Cc1ncc(-c2ccccc2)[nH]1. The molecule has 1 aliphatic rings. The zero-order chi connectivity index (χ0) is 19.3. The van der Waals surface area contributed by atoms with Crippen LogP contribution in [0.3, 0.4) is 0 Å². The molecule has 3 aromatic rings. The van der Waals surface area contributed by atoms with E-state index in [4.69, 9.17) is 4.98 Å². The number of imidazole rings is 2. The van der Waals surface area contributed by atoms with Crippen molar-refractivity contribution in [3.8, 4) is 11.3 Å². The van der Waals surface area contributed by atoms with Crippen LogP contribution >= 0.6 is 0 Å². The number of benzene rings is 1. The van der Waals surface area contributed by atoms with Crippen molar-refractivity contribution >= 4 is 5.96 Å². The van der Waals surface area contributed by atoms with Crippen LogP contribution in [0.1, 0.15) is 30.2 Å². The Morgan fingerprint density at radius 3 is 2.93 bits per heavy atom. The van der Waals surface area contributed by atoms with Crippen molar-refractivity contribution in [3.63, 3.8) is 0 Å². The van der Waals surface area contributed by atoms with Crippen LogP contribution in [0.4, 0.5) is 0 Å². The van der Waals surface area contributed by atoms with E-state index in [-0.39, 0.29) is 0 Å². The van der Waals surface area contributed by atoms with Crippen molar-refractivity contribution in [2.75, 3.05) is 14.1 Å². The van der Waals surface area contributed by atoms with Crippen LogP contribution in [0.5, 0.6) is 0 Å². The molecule has 0 fully saturated rings. The molecule has 0 aliphatic carbocycles. The summed E-state index contributed by atoms with van der Waals surface area (Å²) in [7, 11) is 3.81. The van der Waals surface area contributed by atoms with E-state index < -0.39 is 0 Å². The van der Waals surface area contributed by atoms with E-state index in [2.05, 4.69) is 48.1 Å². The summed E-state index contributed by atoms with van der Waals surface area (Å²) in [5, 5.41) is 3.41. The van der Waals surface area contributed by atoms with Gasteiger partial charge in [0.2, 0.25) is 0 Å². The average Bonchev–Trinajstić information content (AvgIpc) is 3.35. The molecular weight excluding hydrogens is 350 g/mol. The number of hydrogen-bond acceptors (Lipinski definition) is 3. The lowest BCUT2D eigenvalue weighted by atomic mass is 10.2. The zero-order valence-electron chi connectivity index (χ0n) is 16.5. The van der Waals surface area contributed by atoms with E-state index >= 15 is 0 Å². The monoisotopic (exact) mass is 377 g/mol. The van der Waals surface area contributed by atoms with E-state index in [9.17, 15) is 0 Å². The number of guanidine groups is 1. The Bertz CT molecular complexity index is 915. The fourth-order valence-electron chi connectivity index (χ4n) is 3.62. The first kappa shape index (κ1) is 18.3. The molecule has 7 nitrogen and oxygen atoms in total. The number of aromatic amines is 1. The van der Waals surface area contributed by atoms with Crippen LogP contribution in [-0.4, -0.2) is 44.5 Å². The van der Waals surface area contributed by atoms with E-state index in [1.165, 1.54) is 18.7 Å². The fraction of sp³-hybridized carbons (Fsp3) is 0.381. The van der Waals surface area contributed by atoms with Crippen molar-refractivity contribution in [2.45, 2.75) is 38.9 Å². The van der Waals surface area contributed by atoms with Gasteiger partial charge >= 0.3 is 0 Å². The van der Waals surface area contributed by atoms with Gasteiger partial charge in [0.05, 0.1) is 30.7 Å². The molecule has 3 heterocycles. The number of rotatable bonds is 5. The van der Waals surface area contributed by atoms with E-state index in [0.29, 0.717) is 13.1 Å². The highest BCUT2D eigenvalue weighted by Gasteiger charge is 2.14. The Kier molecular flexibility index (Phi) is 5.41. The highest BCUT2D eigenvalue weighted by molar-refractivity contribution is 5.79. The smallest absolute Gasteiger partial charge is 0.194 e. The zero-order valence-corrected chi connectivity index (χ0v) is 16.5. The first-order chi connectivity index (χ1) is 13.7. The van der Waals surface area contributed by atoms with E-state index in [0.717, 1.165) is 41.7 Å². The van der Waals surface area contributed by atoms with Gasteiger partial charge in [-0.3, -0.25) is 4.99 Å². The maximum Gasteiger partial charge on any atom is 0.194 e. The second kappa shape index (κ2) is 8.29. The molecule has 28 heavy (non-hydrogen) atoms. The van der Waals surface area contributed by atoms with Crippen LogP contribution in [0.15, 0.2) is 47.7 Å². The molecule has 1 aromatic carbocycles. The Hall–Kier alpha value is -3.09. The second-order valence-electron chi connectivity index (χ2n) is 7.17. The van der Waals surface area contributed by atoms with Gasteiger partial charge in [0.15, 0.2) is 5.96 Å². The van der Waals surface area contributed by atoms with Gasteiger partial charge in [-0.1, -0.05) is 30.3 Å². The molecule has 2 N–H and O–H groups in total. The van der Waals surface area contributed by atoms with Gasteiger partial charge in [0, 0.05) is 33.3 Å². The lowest BCUT2D eigenvalue weighted by Gasteiger charge is -2.20. The number of H-pyrrole nitrogens is 1. The summed E-state index contributed by atoms with van der Waals surface area (Å²) in [5.41, 5.74) is 3.22. The summed E-state index contributed by atoms with van der Waals surface area (Å²) in [6.07, 6.45) is 7.60. The summed E-state index contributed by atoms with van der Waals surface area (Å²) in [5.74, 6) is 2.93. The Morgan fingerprint density at radius 2 is 2.14 bits per heavy atom. The second-order valence-corrected chi connectivity index (χ2v) is 7.17. The minimum absolute atomic E-state index is 0.645. The molecule has 0 spiro atoms. The van der Waals surface area contributed by atoms with Gasteiger partial charge in [-0.2, -0.15) is 0 Å². The summed E-state index contributed by atoms with van der Waals surface area (Å²) in [6, 6.07) is 10.2. The number of nitrogens with zero attached hydrogens (tertiary/aromatic N) is 5. The molecule has 0 atom stereocenters. The number of nitrogens with one attached hydrogen (secondary N) is 2. The molecule has 146 valence electrons. The predicted molar refractivity (Wildman–Crippen MR) is 111 cm³/mol.